The van der Waals surface area contributed by atoms with E-state index in [0.717, 1.165) is 49.3 Å². The number of nitrogens with zero attached hydrogens (tertiary/aromatic N) is 4. The summed E-state index contributed by atoms with van der Waals surface area (Å²) in [6, 6.07) is 14.8. The number of benzene rings is 1. The number of likely N-dealkylation sites (N-methyl/N-ethyl adjacent to an activating group) is 1. The van der Waals surface area contributed by atoms with Gasteiger partial charge in [-0.3, -0.25) is 4.99 Å². The minimum atomic E-state index is 0.233. The summed E-state index contributed by atoms with van der Waals surface area (Å²) in [5, 5.41) is 7.84. The maximum atomic E-state index is 6.04. The lowest BCUT2D eigenvalue weighted by atomic mass is 10.0. The van der Waals surface area contributed by atoms with Crippen LogP contribution >= 0.6 is 11.6 Å². The van der Waals surface area contributed by atoms with Crippen LogP contribution in [0.25, 0.3) is 0 Å². The third kappa shape index (κ3) is 6.08. The summed E-state index contributed by atoms with van der Waals surface area (Å²) in [4.78, 5) is 13.4. The minimum Gasteiger partial charge on any atom is -0.356 e. The first-order valence-corrected chi connectivity index (χ1v) is 10.5. The molecular weight excluding hydrogens is 384 g/mol. The van der Waals surface area contributed by atoms with Crippen LogP contribution in [0.2, 0.25) is 5.02 Å². The van der Waals surface area contributed by atoms with Crippen molar-refractivity contribution in [2.75, 3.05) is 45.7 Å². The highest BCUT2D eigenvalue weighted by Crippen LogP contribution is 2.20. The number of nitrogens with one attached hydrogen (secondary N) is 2. The molecular formula is C22H31ClN6. The third-order valence-electron chi connectivity index (χ3n) is 5.37. The van der Waals surface area contributed by atoms with E-state index in [2.05, 4.69) is 62.7 Å². The second-order valence-corrected chi connectivity index (χ2v) is 8.01. The van der Waals surface area contributed by atoms with Gasteiger partial charge in [0.25, 0.3) is 0 Å². The van der Waals surface area contributed by atoms with Crippen molar-refractivity contribution in [1.29, 1.82) is 0 Å². The quantitative estimate of drug-likeness (QED) is 0.561. The van der Waals surface area contributed by atoms with Gasteiger partial charge in [-0.2, -0.15) is 0 Å². The molecule has 2 N–H and O–H groups in total. The molecule has 1 atom stereocenters. The van der Waals surface area contributed by atoms with E-state index in [0.29, 0.717) is 6.04 Å². The van der Waals surface area contributed by atoms with Crippen LogP contribution in [0.3, 0.4) is 0 Å². The molecule has 0 aliphatic carbocycles. The van der Waals surface area contributed by atoms with E-state index >= 15 is 0 Å². The van der Waals surface area contributed by atoms with Gasteiger partial charge in [0.15, 0.2) is 5.96 Å². The largest absolute Gasteiger partial charge is 0.356 e. The Labute approximate surface area is 179 Å². The Balaban J connectivity index is 1.51. The number of guanidine groups is 1. The Morgan fingerprint density at radius 3 is 2.52 bits per heavy atom. The first-order valence-electron chi connectivity index (χ1n) is 10.1. The van der Waals surface area contributed by atoms with Crippen molar-refractivity contribution < 1.29 is 0 Å². The first kappa shape index (κ1) is 21.4. The van der Waals surface area contributed by atoms with Crippen molar-refractivity contribution in [3.8, 4) is 0 Å². The number of aromatic nitrogens is 1. The average Bonchev–Trinajstić information content (AvgIpc) is 2.75. The van der Waals surface area contributed by atoms with E-state index in [1.165, 1.54) is 5.56 Å². The van der Waals surface area contributed by atoms with Crippen molar-refractivity contribution in [2.24, 2.45) is 4.99 Å². The van der Waals surface area contributed by atoms with Gasteiger partial charge in [0.05, 0.1) is 6.04 Å². The minimum absolute atomic E-state index is 0.233. The molecule has 1 unspecified atom stereocenters. The molecule has 1 aliphatic rings. The van der Waals surface area contributed by atoms with E-state index in [1.807, 2.05) is 37.5 Å². The molecule has 0 bridgehead atoms. The molecule has 2 heterocycles. The number of aliphatic imine (C=N–C) groups is 1. The van der Waals surface area contributed by atoms with Gasteiger partial charge in [-0.25, -0.2) is 4.98 Å². The van der Waals surface area contributed by atoms with E-state index in [1.54, 1.807) is 0 Å². The highest BCUT2D eigenvalue weighted by Gasteiger charge is 2.21. The first-order chi connectivity index (χ1) is 14.1. The van der Waals surface area contributed by atoms with E-state index in [9.17, 15) is 0 Å². The molecule has 1 aromatic carbocycles. The number of hydrogen-bond donors (Lipinski definition) is 2. The van der Waals surface area contributed by atoms with Gasteiger partial charge >= 0.3 is 0 Å². The lowest BCUT2D eigenvalue weighted by Crippen LogP contribution is -2.50. The Morgan fingerprint density at radius 1 is 1.21 bits per heavy atom. The summed E-state index contributed by atoms with van der Waals surface area (Å²) >= 11 is 6.04. The molecule has 1 aliphatic heterocycles. The standard InChI is InChI=1S/C22H31ClN6/c1-24-22(26-16-20(28(2)3)17-7-9-18(23)10-8-17)27-19-11-14-29(15-12-19)21-6-4-5-13-25-21/h4-10,13,19-20H,11-12,14-16H2,1-3H3,(H2,24,26,27). The Hall–Kier alpha value is -2.31. The van der Waals surface area contributed by atoms with Crippen molar-refractivity contribution in [3.05, 3.63) is 59.2 Å². The number of piperidine rings is 1. The number of anilines is 1. The molecule has 29 heavy (non-hydrogen) atoms. The van der Waals surface area contributed by atoms with Crippen LogP contribution < -0.4 is 15.5 Å². The molecule has 7 heteroatoms. The van der Waals surface area contributed by atoms with Gasteiger partial charge in [-0.05, 0) is 56.8 Å². The second-order valence-electron chi connectivity index (χ2n) is 7.58. The predicted octanol–water partition coefficient (Wildman–Crippen LogP) is 3.17. The number of halogens is 1. The lowest BCUT2D eigenvalue weighted by Gasteiger charge is -2.34. The van der Waals surface area contributed by atoms with Crippen LogP contribution in [0.5, 0.6) is 0 Å². The monoisotopic (exact) mass is 414 g/mol. The summed E-state index contributed by atoms with van der Waals surface area (Å²) in [5.74, 6) is 1.91. The van der Waals surface area contributed by atoms with E-state index in [4.69, 9.17) is 11.6 Å². The normalized spacial score (nSPS) is 16.7. The maximum Gasteiger partial charge on any atom is 0.191 e. The SMILES string of the molecule is CN=C(NCC(c1ccc(Cl)cc1)N(C)C)NC1CCN(c2ccccn2)CC1. The zero-order valence-corrected chi connectivity index (χ0v) is 18.2. The van der Waals surface area contributed by atoms with E-state index < -0.39 is 0 Å². The maximum absolute atomic E-state index is 6.04. The zero-order chi connectivity index (χ0) is 20.6. The molecule has 0 saturated carbocycles. The van der Waals surface area contributed by atoms with Crippen LogP contribution in [-0.2, 0) is 0 Å². The average molecular weight is 415 g/mol. The number of rotatable bonds is 6. The molecule has 2 aromatic rings. The van der Waals surface area contributed by atoms with Crippen molar-refractivity contribution in [2.45, 2.75) is 24.9 Å². The summed E-state index contributed by atoms with van der Waals surface area (Å²) in [5.41, 5.74) is 1.23. The lowest BCUT2D eigenvalue weighted by molar-refractivity contribution is 0.297. The predicted molar refractivity (Wildman–Crippen MR) is 122 cm³/mol. The Bertz CT molecular complexity index is 770. The van der Waals surface area contributed by atoms with Crippen LogP contribution in [0.15, 0.2) is 53.7 Å². The van der Waals surface area contributed by atoms with Crippen molar-refractivity contribution >= 4 is 23.4 Å². The smallest absolute Gasteiger partial charge is 0.191 e. The van der Waals surface area contributed by atoms with E-state index in [-0.39, 0.29) is 6.04 Å². The van der Waals surface area contributed by atoms with Gasteiger partial charge in [0, 0.05) is 43.9 Å². The number of pyridine rings is 1. The molecule has 1 fully saturated rings. The van der Waals surface area contributed by atoms with Crippen LogP contribution in [0.4, 0.5) is 5.82 Å². The Kier molecular flexibility index (Phi) is 7.72. The van der Waals surface area contributed by atoms with Crippen LogP contribution in [0, 0.1) is 0 Å². The molecule has 1 aromatic heterocycles. The fraction of sp³-hybridized carbons (Fsp3) is 0.455. The molecule has 6 nitrogen and oxygen atoms in total. The van der Waals surface area contributed by atoms with Gasteiger partial charge in [-0.1, -0.05) is 29.8 Å². The highest BCUT2D eigenvalue weighted by molar-refractivity contribution is 6.30. The zero-order valence-electron chi connectivity index (χ0n) is 17.5. The number of hydrogen-bond acceptors (Lipinski definition) is 4. The molecule has 3 rings (SSSR count). The molecule has 156 valence electrons. The summed E-state index contributed by atoms with van der Waals surface area (Å²) in [6.07, 6.45) is 3.98. The van der Waals surface area contributed by atoms with Gasteiger partial charge in [-0.15, -0.1) is 0 Å². The van der Waals surface area contributed by atoms with Crippen LogP contribution in [0.1, 0.15) is 24.4 Å². The van der Waals surface area contributed by atoms with Gasteiger partial charge in [0.1, 0.15) is 5.82 Å². The third-order valence-corrected chi connectivity index (χ3v) is 5.63. The molecule has 0 spiro atoms. The molecule has 0 amide bonds. The summed E-state index contributed by atoms with van der Waals surface area (Å²) < 4.78 is 0. The molecule has 0 radical (unpaired) electrons. The second kappa shape index (κ2) is 10.5. The Morgan fingerprint density at radius 2 is 1.93 bits per heavy atom. The fourth-order valence-corrected chi connectivity index (χ4v) is 3.78. The van der Waals surface area contributed by atoms with Crippen molar-refractivity contribution in [1.82, 2.24) is 20.5 Å². The molecule has 1 saturated heterocycles. The summed E-state index contributed by atoms with van der Waals surface area (Å²) in [6.45, 7) is 2.76. The fourth-order valence-electron chi connectivity index (χ4n) is 3.66. The highest BCUT2D eigenvalue weighted by atomic mass is 35.5. The van der Waals surface area contributed by atoms with Crippen LogP contribution in [-0.4, -0.2) is 62.7 Å². The van der Waals surface area contributed by atoms with Crippen molar-refractivity contribution in [3.63, 3.8) is 0 Å². The van der Waals surface area contributed by atoms with Gasteiger partial charge in [0.2, 0.25) is 0 Å². The summed E-state index contributed by atoms with van der Waals surface area (Å²) in [7, 11) is 6.00. The topological polar surface area (TPSA) is 55.8 Å². The van der Waals surface area contributed by atoms with Gasteiger partial charge < -0.3 is 20.4 Å².